The fraction of sp³-hybridized carbons (Fsp3) is 0.143. The zero-order valence-corrected chi connectivity index (χ0v) is 12.9. The molecule has 0 radical (unpaired) electrons. The highest BCUT2D eigenvalue weighted by atomic mass is 79.9. The van der Waals surface area contributed by atoms with Crippen LogP contribution in [-0.4, -0.2) is 0 Å². The van der Waals surface area contributed by atoms with Gasteiger partial charge in [-0.3, -0.25) is 0 Å². The highest BCUT2D eigenvalue weighted by Gasteiger charge is 2.13. The molecule has 1 unspecified atom stereocenters. The first kappa shape index (κ1) is 13.9. The molecule has 0 aliphatic rings. The molecule has 18 heavy (non-hydrogen) atoms. The van der Waals surface area contributed by atoms with Gasteiger partial charge in [0.2, 0.25) is 0 Å². The average Bonchev–Trinajstić information content (AvgIpc) is 2.35. The Morgan fingerprint density at radius 2 is 1.83 bits per heavy atom. The Labute approximate surface area is 125 Å². The molecule has 0 aliphatic heterocycles. The Hall–Kier alpha value is -0.540. The lowest BCUT2D eigenvalue weighted by Gasteiger charge is -2.15. The van der Waals surface area contributed by atoms with E-state index in [2.05, 4.69) is 15.9 Å². The minimum Gasteiger partial charge on any atom is -0.320 e. The summed E-state index contributed by atoms with van der Waals surface area (Å²) >= 11 is 15.6. The first-order chi connectivity index (χ1) is 8.49. The van der Waals surface area contributed by atoms with Gasteiger partial charge in [-0.1, -0.05) is 51.3 Å². The van der Waals surface area contributed by atoms with Gasteiger partial charge in [-0.2, -0.15) is 0 Å². The summed E-state index contributed by atoms with van der Waals surface area (Å²) in [5.74, 6) is 0. The summed E-state index contributed by atoms with van der Waals surface area (Å²) in [5.41, 5.74) is 9.21. The number of hydrogen-bond donors (Lipinski definition) is 1. The van der Waals surface area contributed by atoms with E-state index in [4.69, 9.17) is 28.9 Å². The van der Waals surface area contributed by atoms with Crippen LogP contribution in [0.5, 0.6) is 0 Å². The Balaban J connectivity index is 2.44. The van der Waals surface area contributed by atoms with Crippen molar-refractivity contribution in [2.75, 3.05) is 0 Å². The molecule has 4 heteroatoms. The monoisotopic (exact) mass is 343 g/mol. The number of aryl methyl sites for hydroxylation is 1. The van der Waals surface area contributed by atoms with Gasteiger partial charge in [0, 0.05) is 14.5 Å². The van der Waals surface area contributed by atoms with E-state index in [1.165, 1.54) is 0 Å². The molecule has 0 aliphatic carbocycles. The maximum atomic E-state index is 6.26. The van der Waals surface area contributed by atoms with Crippen molar-refractivity contribution in [2.45, 2.75) is 13.0 Å². The molecule has 2 aromatic carbocycles. The smallest absolute Gasteiger partial charge is 0.0563 e. The average molecular weight is 345 g/mol. The fourth-order valence-corrected chi connectivity index (χ4v) is 2.60. The topological polar surface area (TPSA) is 26.0 Å². The Morgan fingerprint density at radius 3 is 2.50 bits per heavy atom. The van der Waals surface area contributed by atoms with E-state index >= 15 is 0 Å². The van der Waals surface area contributed by atoms with Crippen molar-refractivity contribution in [3.8, 4) is 0 Å². The van der Waals surface area contributed by atoms with Gasteiger partial charge in [-0.15, -0.1) is 0 Å². The lowest BCUT2D eigenvalue weighted by atomic mass is 9.99. The third kappa shape index (κ3) is 2.89. The third-order valence-corrected chi connectivity index (χ3v) is 4.21. The number of hydrogen-bond acceptors (Lipinski definition) is 1. The van der Waals surface area contributed by atoms with Crippen molar-refractivity contribution in [1.29, 1.82) is 0 Å². The van der Waals surface area contributed by atoms with Gasteiger partial charge in [-0.05, 0) is 47.9 Å². The van der Waals surface area contributed by atoms with Crippen molar-refractivity contribution in [3.63, 3.8) is 0 Å². The highest BCUT2D eigenvalue weighted by Crippen LogP contribution is 2.31. The number of rotatable bonds is 2. The molecule has 0 amide bonds. The molecule has 1 nitrogen and oxygen atoms in total. The van der Waals surface area contributed by atoms with E-state index in [9.17, 15) is 0 Å². The van der Waals surface area contributed by atoms with Gasteiger partial charge in [0.05, 0.1) is 6.04 Å². The number of benzene rings is 2. The van der Waals surface area contributed by atoms with Crippen LogP contribution in [0.25, 0.3) is 0 Å². The van der Waals surface area contributed by atoms with Crippen LogP contribution in [0, 0.1) is 6.92 Å². The standard InChI is InChI=1S/C14H12BrCl2N/c1-8-2-3-9(6-13(8)17)14(18)11-7-10(16)4-5-12(11)15/h2-7,14H,18H2,1H3. The summed E-state index contributed by atoms with van der Waals surface area (Å²) in [6, 6.07) is 11.2. The Kier molecular flexibility index (Phi) is 4.33. The summed E-state index contributed by atoms with van der Waals surface area (Å²) < 4.78 is 0.941. The quantitative estimate of drug-likeness (QED) is 0.804. The van der Waals surface area contributed by atoms with E-state index in [0.29, 0.717) is 5.02 Å². The van der Waals surface area contributed by atoms with E-state index in [0.717, 1.165) is 26.2 Å². The lowest BCUT2D eigenvalue weighted by Crippen LogP contribution is -2.12. The zero-order chi connectivity index (χ0) is 13.3. The van der Waals surface area contributed by atoms with E-state index in [1.807, 2.05) is 43.3 Å². The summed E-state index contributed by atoms with van der Waals surface area (Å²) in [7, 11) is 0. The van der Waals surface area contributed by atoms with Crippen LogP contribution in [-0.2, 0) is 0 Å². The third-order valence-electron chi connectivity index (χ3n) is 2.85. The molecule has 0 saturated heterocycles. The van der Waals surface area contributed by atoms with Crippen molar-refractivity contribution >= 4 is 39.1 Å². The Bertz CT molecular complexity index is 584. The van der Waals surface area contributed by atoms with E-state index in [1.54, 1.807) is 0 Å². The van der Waals surface area contributed by atoms with Gasteiger partial charge in [-0.25, -0.2) is 0 Å². The molecule has 0 fully saturated rings. The second-order valence-corrected chi connectivity index (χ2v) is 5.85. The lowest BCUT2D eigenvalue weighted by molar-refractivity contribution is 0.865. The van der Waals surface area contributed by atoms with Crippen molar-refractivity contribution in [3.05, 3.63) is 67.6 Å². The van der Waals surface area contributed by atoms with Gasteiger partial charge in [0.1, 0.15) is 0 Å². The molecule has 94 valence electrons. The van der Waals surface area contributed by atoms with Gasteiger partial charge in [0.15, 0.2) is 0 Å². The van der Waals surface area contributed by atoms with E-state index < -0.39 is 0 Å². The maximum Gasteiger partial charge on any atom is 0.0563 e. The molecule has 0 heterocycles. The van der Waals surface area contributed by atoms with Crippen LogP contribution >= 0.6 is 39.1 Å². The molecular weight excluding hydrogens is 333 g/mol. The fourth-order valence-electron chi connectivity index (χ4n) is 1.74. The summed E-state index contributed by atoms with van der Waals surface area (Å²) in [5, 5.41) is 1.39. The van der Waals surface area contributed by atoms with Crippen molar-refractivity contribution < 1.29 is 0 Å². The summed E-state index contributed by atoms with van der Waals surface area (Å²) in [4.78, 5) is 0. The second-order valence-electron chi connectivity index (χ2n) is 4.15. The van der Waals surface area contributed by atoms with Gasteiger partial charge < -0.3 is 5.73 Å². The largest absolute Gasteiger partial charge is 0.320 e. The molecule has 2 rings (SSSR count). The molecule has 0 spiro atoms. The van der Waals surface area contributed by atoms with Crippen molar-refractivity contribution in [1.82, 2.24) is 0 Å². The Morgan fingerprint density at radius 1 is 1.11 bits per heavy atom. The van der Waals surface area contributed by atoms with Crippen LogP contribution in [0.3, 0.4) is 0 Å². The first-order valence-corrected chi connectivity index (χ1v) is 7.00. The summed E-state index contributed by atoms with van der Waals surface area (Å²) in [6.45, 7) is 1.97. The van der Waals surface area contributed by atoms with Crippen LogP contribution in [0.1, 0.15) is 22.7 Å². The van der Waals surface area contributed by atoms with Crippen LogP contribution in [0.4, 0.5) is 0 Å². The normalized spacial score (nSPS) is 12.5. The molecule has 0 saturated carbocycles. The van der Waals surface area contributed by atoms with Crippen LogP contribution in [0.2, 0.25) is 10.0 Å². The SMILES string of the molecule is Cc1ccc(C(N)c2cc(Cl)ccc2Br)cc1Cl. The number of halogens is 3. The molecule has 2 N–H and O–H groups in total. The van der Waals surface area contributed by atoms with Crippen LogP contribution in [0.15, 0.2) is 40.9 Å². The predicted molar refractivity (Wildman–Crippen MR) is 81.4 cm³/mol. The minimum absolute atomic E-state index is 0.254. The number of nitrogens with two attached hydrogens (primary N) is 1. The molecule has 0 aromatic heterocycles. The predicted octanol–water partition coefficient (Wildman–Crippen LogP) is 5.11. The first-order valence-electron chi connectivity index (χ1n) is 5.45. The zero-order valence-electron chi connectivity index (χ0n) is 9.75. The molecule has 2 aromatic rings. The molecule has 1 atom stereocenters. The van der Waals surface area contributed by atoms with Crippen molar-refractivity contribution in [2.24, 2.45) is 5.73 Å². The van der Waals surface area contributed by atoms with Gasteiger partial charge >= 0.3 is 0 Å². The second kappa shape index (κ2) is 5.62. The highest BCUT2D eigenvalue weighted by molar-refractivity contribution is 9.10. The van der Waals surface area contributed by atoms with Crippen LogP contribution < -0.4 is 5.73 Å². The maximum absolute atomic E-state index is 6.26. The molecule has 0 bridgehead atoms. The molecular formula is C14H12BrCl2N. The minimum atomic E-state index is -0.254. The summed E-state index contributed by atoms with van der Waals surface area (Å²) in [6.07, 6.45) is 0. The van der Waals surface area contributed by atoms with Gasteiger partial charge in [0.25, 0.3) is 0 Å². The van der Waals surface area contributed by atoms with E-state index in [-0.39, 0.29) is 6.04 Å².